The molecule has 4 rings (SSSR count). The van der Waals surface area contributed by atoms with Gasteiger partial charge in [-0.25, -0.2) is 9.67 Å². The van der Waals surface area contributed by atoms with Gasteiger partial charge in [0.05, 0.1) is 12.2 Å². The van der Waals surface area contributed by atoms with Gasteiger partial charge in [0, 0.05) is 24.2 Å². The number of unbranched alkanes of at least 4 members (excludes halogenated alkanes) is 2. The summed E-state index contributed by atoms with van der Waals surface area (Å²) in [5.41, 5.74) is 5.79. The van der Waals surface area contributed by atoms with E-state index >= 15 is 0 Å². The van der Waals surface area contributed by atoms with Crippen LogP contribution in [0.1, 0.15) is 108 Å². The van der Waals surface area contributed by atoms with Crippen molar-refractivity contribution in [1.82, 2.24) is 40.0 Å². The molecule has 36 heavy (non-hydrogen) atoms. The van der Waals surface area contributed by atoms with E-state index < -0.39 is 0 Å². The highest BCUT2D eigenvalue weighted by Gasteiger charge is 2.24. The van der Waals surface area contributed by atoms with Crippen LogP contribution in [0.15, 0.2) is 30.3 Å². The van der Waals surface area contributed by atoms with Gasteiger partial charge in [0.15, 0.2) is 5.82 Å². The lowest BCUT2D eigenvalue weighted by atomic mass is 10.0. The van der Waals surface area contributed by atoms with Crippen molar-refractivity contribution in [2.45, 2.75) is 98.4 Å². The molecule has 0 radical (unpaired) electrons. The Kier molecular flexibility index (Phi) is 8.33. The number of rotatable bonds is 12. The van der Waals surface area contributed by atoms with Gasteiger partial charge in [0.1, 0.15) is 5.82 Å². The number of benzene rings is 1. The Labute approximate surface area is 214 Å². The Balaban J connectivity index is 1.68. The third-order valence-electron chi connectivity index (χ3n) is 6.66. The number of aromatic nitrogens is 8. The van der Waals surface area contributed by atoms with Crippen LogP contribution in [0.2, 0.25) is 0 Å². The lowest BCUT2D eigenvalue weighted by Crippen LogP contribution is -2.08. The molecule has 0 spiro atoms. The van der Waals surface area contributed by atoms with Gasteiger partial charge in [-0.3, -0.25) is 0 Å². The molecule has 3 heterocycles. The Morgan fingerprint density at radius 3 is 2.25 bits per heavy atom. The monoisotopic (exact) mass is 488 g/mol. The van der Waals surface area contributed by atoms with Crippen molar-refractivity contribution in [3.05, 3.63) is 58.8 Å². The Bertz CT molecular complexity index is 1230. The minimum atomic E-state index is 0.340. The van der Waals surface area contributed by atoms with Crippen molar-refractivity contribution in [2.75, 3.05) is 0 Å². The van der Waals surface area contributed by atoms with E-state index in [4.69, 9.17) is 10.1 Å². The third-order valence-corrected chi connectivity index (χ3v) is 6.66. The zero-order valence-electron chi connectivity index (χ0n) is 22.6. The van der Waals surface area contributed by atoms with Crippen LogP contribution in [0.4, 0.5) is 0 Å². The molecule has 1 N–H and O–H groups in total. The van der Waals surface area contributed by atoms with E-state index in [1.165, 1.54) is 16.8 Å². The quantitative estimate of drug-likeness (QED) is 0.255. The van der Waals surface area contributed by atoms with Crippen molar-refractivity contribution in [2.24, 2.45) is 0 Å². The topological polar surface area (TPSA) is 90.1 Å². The molecule has 1 aromatic carbocycles. The molecule has 0 amide bonds. The summed E-state index contributed by atoms with van der Waals surface area (Å²) < 4.78 is 4.39. The fourth-order valence-electron chi connectivity index (χ4n) is 4.62. The zero-order valence-corrected chi connectivity index (χ0v) is 22.6. The summed E-state index contributed by atoms with van der Waals surface area (Å²) in [6.07, 6.45) is 6.49. The molecule has 0 aliphatic heterocycles. The zero-order chi connectivity index (χ0) is 25.7. The Morgan fingerprint density at radius 2 is 1.64 bits per heavy atom. The van der Waals surface area contributed by atoms with E-state index in [1.807, 2.05) is 0 Å². The maximum Gasteiger partial charge on any atom is 0.221 e. The molecule has 0 fully saturated rings. The minimum Gasteiger partial charge on any atom is -0.310 e. The van der Waals surface area contributed by atoms with Crippen LogP contribution >= 0.6 is 0 Å². The number of tetrazole rings is 1. The molecule has 0 unspecified atom stereocenters. The average molecular weight is 489 g/mol. The highest BCUT2D eigenvalue weighted by Crippen LogP contribution is 2.36. The van der Waals surface area contributed by atoms with E-state index in [9.17, 15) is 0 Å². The first-order valence-electron chi connectivity index (χ1n) is 13.4. The van der Waals surface area contributed by atoms with Crippen molar-refractivity contribution in [3.8, 4) is 17.2 Å². The highest BCUT2D eigenvalue weighted by molar-refractivity contribution is 5.63. The first kappa shape index (κ1) is 25.8. The van der Waals surface area contributed by atoms with Crippen LogP contribution < -0.4 is 0 Å². The molecule has 0 saturated heterocycles. The van der Waals surface area contributed by atoms with Crippen molar-refractivity contribution in [1.29, 1.82) is 0 Å². The number of aryl methyl sites for hydroxylation is 2. The fourth-order valence-corrected chi connectivity index (χ4v) is 4.62. The van der Waals surface area contributed by atoms with Crippen molar-refractivity contribution >= 4 is 0 Å². The molecule has 4 aromatic rings. The minimum absolute atomic E-state index is 0.340. The molecule has 0 saturated carbocycles. The van der Waals surface area contributed by atoms with E-state index in [-0.39, 0.29) is 0 Å². The summed E-state index contributed by atoms with van der Waals surface area (Å²) in [5.74, 6) is 3.38. The van der Waals surface area contributed by atoms with Crippen LogP contribution in [0.25, 0.3) is 17.2 Å². The van der Waals surface area contributed by atoms with E-state index in [0.717, 1.165) is 68.1 Å². The van der Waals surface area contributed by atoms with Gasteiger partial charge in [-0.2, -0.15) is 10.3 Å². The van der Waals surface area contributed by atoms with Gasteiger partial charge < -0.3 is 4.57 Å². The van der Waals surface area contributed by atoms with Gasteiger partial charge in [-0.1, -0.05) is 66.5 Å². The largest absolute Gasteiger partial charge is 0.310 e. The average Bonchev–Trinajstić information content (AvgIpc) is 3.60. The second kappa shape index (κ2) is 11.6. The Hall–Kier alpha value is -3.29. The summed E-state index contributed by atoms with van der Waals surface area (Å²) >= 11 is 0. The number of H-pyrrole nitrogens is 1. The number of nitrogens with zero attached hydrogens (tertiary/aromatic N) is 7. The van der Waals surface area contributed by atoms with Crippen LogP contribution in [0.5, 0.6) is 0 Å². The molecule has 0 bridgehead atoms. The van der Waals surface area contributed by atoms with E-state index in [2.05, 4.69) is 102 Å². The first-order valence-corrected chi connectivity index (χ1v) is 13.4. The van der Waals surface area contributed by atoms with Gasteiger partial charge in [-0.05, 0) is 59.2 Å². The fraction of sp³-hybridized carbons (Fsp3) is 0.536. The Morgan fingerprint density at radius 1 is 0.917 bits per heavy atom. The molecule has 8 nitrogen and oxygen atoms in total. The van der Waals surface area contributed by atoms with Crippen LogP contribution in [-0.2, 0) is 19.4 Å². The van der Waals surface area contributed by atoms with E-state index in [0.29, 0.717) is 17.7 Å². The second-order valence-corrected chi connectivity index (χ2v) is 10.2. The first-order chi connectivity index (χ1) is 17.4. The maximum absolute atomic E-state index is 4.86. The van der Waals surface area contributed by atoms with Gasteiger partial charge >= 0.3 is 0 Å². The molecular weight excluding hydrogens is 448 g/mol. The smallest absolute Gasteiger partial charge is 0.221 e. The predicted octanol–water partition coefficient (Wildman–Crippen LogP) is 6.23. The van der Waals surface area contributed by atoms with E-state index in [1.54, 1.807) is 0 Å². The molecular formula is C28H40N8. The standard InChI is InChI=1S/C28H40N8/c1-7-9-11-25-29-26(12-10-8-2)35(32-25)18-21-13-15-22(16-14-21)36-24(20(5)6)17-23(19(3)4)27(36)28-30-33-34-31-28/h13-17,19-20H,7-12,18H2,1-6H3,(H,30,31,33,34). The summed E-state index contributed by atoms with van der Waals surface area (Å²) in [6, 6.07) is 11.1. The van der Waals surface area contributed by atoms with Crippen LogP contribution in [0, 0.1) is 0 Å². The second-order valence-electron chi connectivity index (χ2n) is 10.2. The third kappa shape index (κ3) is 5.58. The molecule has 192 valence electrons. The van der Waals surface area contributed by atoms with Crippen molar-refractivity contribution in [3.63, 3.8) is 0 Å². The summed E-state index contributed by atoms with van der Waals surface area (Å²) in [5, 5.41) is 20.0. The summed E-state index contributed by atoms with van der Waals surface area (Å²) in [7, 11) is 0. The highest BCUT2D eigenvalue weighted by atomic mass is 15.5. The molecule has 3 aromatic heterocycles. The van der Waals surface area contributed by atoms with Gasteiger partial charge in [0.2, 0.25) is 5.82 Å². The molecule has 8 heteroatoms. The molecule has 0 aliphatic rings. The normalized spacial score (nSPS) is 11.8. The van der Waals surface area contributed by atoms with Crippen LogP contribution in [0.3, 0.4) is 0 Å². The molecule has 0 atom stereocenters. The number of hydrogen-bond acceptors (Lipinski definition) is 5. The lowest BCUT2D eigenvalue weighted by molar-refractivity contribution is 0.612. The maximum atomic E-state index is 4.86. The SMILES string of the molecule is CCCCc1nc(CCCC)n(Cc2ccc(-n3c(C(C)C)cc(C(C)C)c3-c3nn[nH]n3)cc2)n1. The number of nitrogens with one attached hydrogen (secondary N) is 1. The molecule has 0 aliphatic carbocycles. The lowest BCUT2D eigenvalue weighted by Gasteiger charge is -2.16. The predicted molar refractivity (Wildman–Crippen MR) is 143 cm³/mol. The van der Waals surface area contributed by atoms with Crippen molar-refractivity contribution < 1.29 is 0 Å². The number of hydrogen-bond donors (Lipinski definition) is 1. The summed E-state index contributed by atoms with van der Waals surface area (Å²) in [6.45, 7) is 14.0. The summed E-state index contributed by atoms with van der Waals surface area (Å²) in [4.78, 5) is 4.86. The number of aromatic amines is 1. The van der Waals surface area contributed by atoms with Gasteiger partial charge in [0.25, 0.3) is 0 Å². The van der Waals surface area contributed by atoms with Gasteiger partial charge in [-0.15, -0.1) is 10.2 Å². The van der Waals surface area contributed by atoms with Crippen LogP contribution in [-0.4, -0.2) is 40.0 Å².